The maximum atomic E-state index is 12.5. The van der Waals surface area contributed by atoms with E-state index in [4.69, 9.17) is 0 Å². The summed E-state index contributed by atoms with van der Waals surface area (Å²) in [6.45, 7) is 9.04. The second-order valence-electron chi connectivity index (χ2n) is 5.41. The molecule has 3 aromatic rings. The first-order chi connectivity index (χ1) is 11.0. The van der Waals surface area contributed by atoms with Crippen molar-refractivity contribution in [3.8, 4) is 0 Å². The van der Waals surface area contributed by atoms with Crippen molar-refractivity contribution in [2.24, 2.45) is 0 Å². The predicted octanol–water partition coefficient (Wildman–Crippen LogP) is 1.59. The van der Waals surface area contributed by atoms with Gasteiger partial charge in [-0.15, -0.1) is 16.4 Å². The van der Waals surface area contributed by atoms with Crippen molar-refractivity contribution in [3.63, 3.8) is 0 Å². The Morgan fingerprint density at radius 1 is 1.30 bits per heavy atom. The number of aromatic nitrogens is 4. The second-order valence-corrected chi connectivity index (χ2v) is 6.61. The molecule has 0 unspecified atom stereocenters. The van der Waals surface area contributed by atoms with Crippen LogP contribution in [0.1, 0.15) is 24.3 Å². The number of rotatable bonds is 4. The molecule has 0 fully saturated rings. The number of likely N-dealkylation sites (N-methyl/N-ethyl adjacent to an activating group) is 1. The zero-order valence-corrected chi connectivity index (χ0v) is 14.5. The molecule has 1 amide bonds. The molecule has 0 atom stereocenters. The molecule has 3 rings (SSSR count). The molecular formula is C15H19N5O2S. The fraction of sp³-hybridized carbons (Fsp3) is 0.467. The molecule has 0 bridgehead atoms. The van der Waals surface area contributed by atoms with Gasteiger partial charge in [-0.05, 0) is 33.3 Å². The third kappa shape index (κ3) is 2.42. The summed E-state index contributed by atoms with van der Waals surface area (Å²) in [5, 5.41) is 5.28. The molecule has 0 aliphatic heterocycles. The molecule has 7 nitrogen and oxygen atoms in total. The van der Waals surface area contributed by atoms with Crippen LogP contribution < -0.4 is 5.69 Å². The summed E-state index contributed by atoms with van der Waals surface area (Å²) in [5.41, 5.74) is 1.31. The highest BCUT2D eigenvalue weighted by Crippen LogP contribution is 2.30. The Bertz CT molecular complexity index is 948. The lowest BCUT2D eigenvalue weighted by atomic mass is 10.2. The number of hydrogen-bond acceptors (Lipinski definition) is 5. The first kappa shape index (κ1) is 15.7. The number of carbonyl (C=O) groups is 1. The first-order valence-electron chi connectivity index (χ1n) is 7.59. The maximum absolute atomic E-state index is 12.5. The van der Waals surface area contributed by atoms with E-state index in [9.17, 15) is 9.59 Å². The summed E-state index contributed by atoms with van der Waals surface area (Å²) in [7, 11) is 0. The van der Waals surface area contributed by atoms with Gasteiger partial charge in [-0.25, -0.2) is 18.9 Å². The Kier molecular flexibility index (Phi) is 3.93. The van der Waals surface area contributed by atoms with Gasteiger partial charge in [-0.3, -0.25) is 4.79 Å². The first-order valence-corrected chi connectivity index (χ1v) is 8.41. The molecule has 122 valence electrons. The average Bonchev–Trinajstić information content (AvgIpc) is 2.99. The molecule has 3 heterocycles. The van der Waals surface area contributed by atoms with E-state index in [0.29, 0.717) is 18.7 Å². The van der Waals surface area contributed by atoms with Crippen molar-refractivity contribution in [1.29, 1.82) is 0 Å². The fourth-order valence-electron chi connectivity index (χ4n) is 2.68. The molecule has 0 saturated carbocycles. The van der Waals surface area contributed by atoms with Crippen molar-refractivity contribution in [2.45, 2.75) is 34.2 Å². The van der Waals surface area contributed by atoms with E-state index >= 15 is 0 Å². The number of nitrogens with zero attached hydrogens (tertiary/aromatic N) is 5. The second kappa shape index (κ2) is 5.77. The Labute approximate surface area is 137 Å². The third-order valence-electron chi connectivity index (χ3n) is 4.15. The van der Waals surface area contributed by atoms with Crippen molar-refractivity contribution < 1.29 is 4.79 Å². The van der Waals surface area contributed by atoms with Gasteiger partial charge in [0.2, 0.25) is 5.91 Å². The summed E-state index contributed by atoms with van der Waals surface area (Å²) in [5.74, 6) is -0.108. The highest BCUT2D eigenvalue weighted by atomic mass is 32.1. The summed E-state index contributed by atoms with van der Waals surface area (Å²) in [4.78, 5) is 32.8. The molecule has 0 saturated heterocycles. The lowest BCUT2D eigenvalue weighted by Crippen LogP contribution is -2.36. The number of amides is 1. The van der Waals surface area contributed by atoms with Crippen molar-refractivity contribution >= 4 is 33.1 Å². The highest BCUT2D eigenvalue weighted by molar-refractivity contribution is 7.18. The summed E-state index contributed by atoms with van der Waals surface area (Å²) in [6, 6.07) is 0. The van der Waals surface area contributed by atoms with E-state index < -0.39 is 0 Å². The van der Waals surface area contributed by atoms with Gasteiger partial charge in [0.05, 0.1) is 5.39 Å². The maximum Gasteiger partial charge on any atom is 0.352 e. The van der Waals surface area contributed by atoms with Crippen LogP contribution >= 0.6 is 11.3 Å². The number of aryl methyl sites for hydroxylation is 2. The predicted molar refractivity (Wildman–Crippen MR) is 90.0 cm³/mol. The quantitative estimate of drug-likeness (QED) is 0.727. The molecule has 0 spiro atoms. The molecule has 0 aliphatic rings. The van der Waals surface area contributed by atoms with E-state index in [-0.39, 0.29) is 18.1 Å². The lowest BCUT2D eigenvalue weighted by molar-refractivity contribution is -0.131. The van der Waals surface area contributed by atoms with E-state index in [0.717, 1.165) is 20.7 Å². The van der Waals surface area contributed by atoms with Crippen LogP contribution in [0.4, 0.5) is 0 Å². The Morgan fingerprint density at radius 2 is 2.00 bits per heavy atom. The minimum atomic E-state index is -0.335. The van der Waals surface area contributed by atoms with Gasteiger partial charge in [0.1, 0.15) is 17.7 Å². The normalized spacial score (nSPS) is 11.5. The summed E-state index contributed by atoms with van der Waals surface area (Å²) in [6.07, 6.45) is 1.49. The zero-order chi connectivity index (χ0) is 16.7. The zero-order valence-electron chi connectivity index (χ0n) is 13.7. The molecular weight excluding hydrogens is 314 g/mol. The van der Waals surface area contributed by atoms with Crippen molar-refractivity contribution in [1.82, 2.24) is 24.1 Å². The van der Waals surface area contributed by atoms with Crippen LogP contribution in [0, 0.1) is 13.8 Å². The minimum Gasteiger partial charge on any atom is -0.342 e. The third-order valence-corrected chi connectivity index (χ3v) is 5.27. The standard InChI is InChI=1S/C15H19N5O2S/c1-5-18(6-2)11(21)7-20-15(22)19-8-16-14-12(13(19)17-20)9(3)10(4)23-14/h8H,5-7H2,1-4H3. The Hall–Kier alpha value is -2.22. The van der Waals surface area contributed by atoms with Crippen LogP contribution in [0.3, 0.4) is 0 Å². The largest absolute Gasteiger partial charge is 0.352 e. The number of fused-ring (bicyclic) bond motifs is 3. The Morgan fingerprint density at radius 3 is 2.65 bits per heavy atom. The number of thiophene rings is 1. The topological polar surface area (TPSA) is 72.5 Å². The summed E-state index contributed by atoms with van der Waals surface area (Å²) >= 11 is 1.58. The van der Waals surface area contributed by atoms with Gasteiger partial charge in [0, 0.05) is 18.0 Å². The Balaban J connectivity index is 2.13. The van der Waals surface area contributed by atoms with Gasteiger partial charge >= 0.3 is 5.69 Å². The lowest BCUT2D eigenvalue weighted by Gasteiger charge is -2.17. The van der Waals surface area contributed by atoms with Gasteiger partial charge in [-0.1, -0.05) is 0 Å². The van der Waals surface area contributed by atoms with Crippen LogP contribution in [0.2, 0.25) is 0 Å². The van der Waals surface area contributed by atoms with Gasteiger partial charge in [0.15, 0.2) is 5.65 Å². The molecule has 8 heteroatoms. The smallest absolute Gasteiger partial charge is 0.342 e. The monoisotopic (exact) mass is 333 g/mol. The van der Waals surface area contributed by atoms with Crippen molar-refractivity contribution in [3.05, 3.63) is 27.3 Å². The SMILES string of the molecule is CCN(CC)C(=O)Cn1nc2c3c(C)c(C)sc3ncn2c1=O. The van der Waals surface area contributed by atoms with E-state index in [2.05, 4.69) is 10.1 Å². The molecule has 0 N–H and O–H groups in total. The minimum absolute atomic E-state index is 0.0497. The van der Waals surface area contributed by atoms with Crippen LogP contribution in [-0.4, -0.2) is 43.1 Å². The fourth-order valence-corrected chi connectivity index (χ4v) is 3.67. The molecule has 3 aromatic heterocycles. The molecule has 0 radical (unpaired) electrons. The summed E-state index contributed by atoms with van der Waals surface area (Å²) < 4.78 is 2.64. The molecule has 0 aromatic carbocycles. The molecule has 23 heavy (non-hydrogen) atoms. The van der Waals surface area contributed by atoms with Gasteiger partial charge in [-0.2, -0.15) is 0 Å². The van der Waals surface area contributed by atoms with E-state index in [1.807, 2.05) is 27.7 Å². The molecule has 0 aliphatic carbocycles. The highest BCUT2D eigenvalue weighted by Gasteiger charge is 2.18. The van der Waals surface area contributed by atoms with Crippen LogP contribution in [-0.2, 0) is 11.3 Å². The van der Waals surface area contributed by atoms with E-state index in [1.165, 1.54) is 15.4 Å². The van der Waals surface area contributed by atoms with E-state index in [1.54, 1.807) is 16.2 Å². The van der Waals surface area contributed by atoms with Crippen LogP contribution in [0.25, 0.3) is 15.9 Å². The number of carbonyl (C=O) groups excluding carboxylic acids is 1. The van der Waals surface area contributed by atoms with Crippen molar-refractivity contribution in [2.75, 3.05) is 13.1 Å². The van der Waals surface area contributed by atoms with Gasteiger partial charge < -0.3 is 4.90 Å². The van der Waals surface area contributed by atoms with Crippen LogP contribution in [0.15, 0.2) is 11.1 Å². The van der Waals surface area contributed by atoms with Gasteiger partial charge in [0.25, 0.3) is 0 Å². The number of hydrogen-bond donors (Lipinski definition) is 0. The average molecular weight is 333 g/mol. The van der Waals surface area contributed by atoms with Crippen LogP contribution in [0.5, 0.6) is 0 Å².